The molecule has 0 fully saturated rings. The third-order valence-electron chi connectivity index (χ3n) is 6.07. The van der Waals surface area contributed by atoms with Crippen LogP contribution in [0.3, 0.4) is 0 Å². The van der Waals surface area contributed by atoms with Gasteiger partial charge in [-0.25, -0.2) is 4.31 Å². The highest BCUT2D eigenvalue weighted by molar-refractivity contribution is 7.90. The van der Waals surface area contributed by atoms with Gasteiger partial charge < -0.3 is 10.2 Å². The number of benzene rings is 3. The van der Waals surface area contributed by atoms with E-state index in [-0.39, 0.29) is 18.9 Å². The Labute approximate surface area is 242 Å². The van der Waals surface area contributed by atoms with Crippen molar-refractivity contribution in [1.82, 2.24) is 14.5 Å². The smallest absolute Gasteiger partial charge is 0.304 e. The summed E-state index contributed by atoms with van der Waals surface area (Å²) in [6, 6.07) is 24.0. The van der Waals surface area contributed by atoms with Crippen molar-refractivity contribution in [3.8, 4) is 0 Å². The maximum absolute atomic E-state index is 14.2. The van der Waals surface area contributed by atoms with Gasteiger partial charge in [0.05, 0.1) is 5.69 Å². The number of halogens is 1. The Morgan fingerprint density at radius 2 is 1.45 bits per heavy atom. The van der Waals surface area contributed by atoms with E-state index in [0.717, 1.165) is 14.2 Å². The minimum absolute atomic E-state index is 0.0547. The molecule has 2 amide bonds. The van der Waals surface area contributed by atoms with Crippen LogP contribution in [0, 0.1) is 0 Å². The molecule has 3 aromatic rings. The first-order chi connectivity index (χ1) is 18.8. The molecule has 0 aliphatic carbocycles. The molecule has 0 aliphatic rings. The molecular weight excluding hydrogens is 548 g/mol. The van der Waals surface area contributed by atoms with Crippen molar-refractivity contribution in [2.45, 2.75) is 45.3 Å². The van der Waals surface area contributed by atoms with Crippen molar-refractivity contribution < 1.29 is 18.0 Å². The number of anilines is 1. The lowest BCUT2D eigenvalue weighted by atomic mass is 10.0. The molecule has 8 nitrogen and oxygen atoms in total. The molecule has 0 bridgehead atoms. The van der Waals surface area contributed by atoms with Crippen molar-refractivity contribution in [2.75, 3.05) is 24.9 Å². The molecule has 0 heterocycles. The fraction of sp³-hybridized carbons (Fsp3) is 0.333. The molecule has 10 heteroatoms. The lowest BCUT2D eigenvalue weighted by Gasteiger charge is -2.35. The van der Waals surface area contributed by atoms with Crippen LogP contribution < -0.4 is 9.62 Å². The molecule has 1 N–H and O–H groups in total. The molecule has 0 aromatic heterocycles. The van der Waals surface area contributed by atoms with Crippen molar-refractivity contribution >= 4 is 39.3 Å². The molecule has 3 rings (SSSR count). The standard InChI is InChI=1S/C30H37ClN4O4S/c1-30(2,3)32-29(37)27(20-23-13-8-6-9-14-23)34(21-24-15-12-16-25(31)19-24)28(36)22-35(40(38,39)33(4)5)26-17-10-7-11-18-26/h6-19,27H,20-22H2,1-5H3,(H,32,37)/t27-/m1/s1. The maximum Gasteiger partial charge on any atom is 0.304 e. The molecular formula is C30H37ClN4O4S. The molecule has 0 saturated heterocycles. The molecule has 40 heavy (non-hydrogen) atoms. The van der Waals surface area contributed by atoms with Gasteiger partial charge in [0.15, 0.2) is 0 Å². The second-order valence-corrected chi connectivity index (χ2v) is 13.2. The zero-order valence-electron chi connectivity index (χ0n) is 23.5. The summed E-state index contributed by atoms with van der Waals surface area (Å²) in [5.41, 5.74) is 1.36. The third kappa shape index (κ3) is 8.55. The summed E-state index contributed by atoms with van der Waals surface area (Å²) in [4.78, 5) is 29.4. The first-order valence-electron chi connectivity index (χ1n) is 12.9. The summed E-state index contributed by atoms with van der Waals surface area (Å²) in [5, 5.41) is 3.50. The van der Waals surface area contributed by atoms with Crippen LogP contribution >= 0.6 is 11.6 Å². The predicted octanol–water partition coefficient (Wildman–Crippen LogP) is 4.51. The van der Waals surface area contributed by atoms with Crippen molar-refractivity contribution in [1.29, 1.82) is 0 Å². The molecule has 3 aromatic carbocycles. The third-order valence-corrected chi connectivity index (χ3v) is 8.13. The summed E-state index contributed by atoms with van der Waals surface area (Å²) >= 11 is 6.25. The monoisotopic (exact) mass is 584 g/mol. The lowest BCUT2D eigenvalue weighted by Crippen LogP contribution is -2.56. The van der Waals surface area contributed by atoms with E-state index in [9.17, 15) is 18.0 Å². The zero-order valence-corrected chi connectivity index (χ0v) is 25.1. The molecule has 214 valence electrons. The second-order valence-electron chi connectivity index (χ2n) is 10.7. The highest BCUT2D eigenvalue weighted by Crippen LogP contribution is 2.22. The number of hydrogen-bond acceptors (Lipinski definition) is 4. The highest BCUT2D eigenvalue weighted by Gasteiger charge is 2.35. The zero-order chi connectivity index (χ0) is 29.5. The van der Waals surface area contributed by atoms with Gasteiger partial charge in [-0.2, -0.15) is 12.7 Å². The van der Waals surface area contributed by atoms with E-state index in [2.05, 4.69) is 5.32 Å². The van der Waals surface area contributed by atoms with Crippen LogP contribution in [0.25, 0.3) is 0 Å². The van der Waals surface area contributed by atoms with Crippen LogP contribution in [-0.4, -0.2) is 61.7 Å². The topological polar surface area (TPSA) is 90.0 Å². The Balaban J connectivity index is 2.10. The fourth-order valence-electron chi connectivity index (χ4n) is 4.15. The molecule has 0 radical (unpaired) electrons. The Bertz CT molecular complexity index is 1390. The number of para-hydroxylation sites is 1. The van der Waals surface area contributed by atoms with Gasteiger partial charge in [0, 0.05) is 37.6 Å². The van der Waals surface area contributed by atoms with E-state index < -0.39 is 34.2 Å². The van der Waals surface area contributed by atoms with Crippen LogP contribution in [0.4, 0.5) is 5.69 Å². The van der Waals surface area contributed by atoms with Gasteiger partial charge in [0.1, 0.15) is 12.6 Å². The predicted molar refractivity (Wildman–Crippen MR) is 160 cm³/mol. The number of nitrogens with one attached hydrogen (secondary N) is 1. The van der Waals surface area contributed by atoms with Crippen molar-refractivity contribution in [3.05, 3.63) is 101 Å². The average Bonchev–Trinajstić information content (AvgIpc) is 2.89. The van der Waals surface area contributed by atoms with E-state index in [4.69, 9.17) is 11.6 Å². The van der Waals surface area contributed by atoms with Crippen molar-refractivity contribution in [3.63, 3.8) is 0 Å². The van der Waals surface area contributed by atoms with Gasteiger partial charge in [-0.1, -0.05) is 72.3 Å². The minimum atomic E-state index is -4.04. The van der Waals surface area contributed by atoms with Crippen LogP contribution in [-0.2, 0) is 32.8 Å². The first-order valence-corrected chi connectivity index (χ1v) is 14.7. The fourth-order valence-corrected chi connectivity index (χ4v) is 5.42. The Kier molecular flexibility index (Phi) is 10.4. The second kappa shape index (κ2) is 13.3. The number of carbonyl (C=O) groups is 2. The van der Waals surface area contributed by atoms with Gasteiger partial charge in [0.25, 0.3) is 0 Å². The number of amides is 2. The van der Waals surface area contributed by atoms with E-state index in [1.807, 2.05) is 57.2 Å². The summed E-state index contributed by atoms with van der Waals surface area (Å²) in [6.45, 7) is 5.16. The highest BCUT2D eigenvalue weighted by atomic mass is 35.5. The van der Waals surface area contributed by atoms with Crippen LogP contribution in [0.15, 0.2) is 84.9 Å². The van der Waals surface area contributed by atoms with Gasteiger partial charge in [-0.05, 0) is 56.2 Å². The summed E-state index contributed by atoms with van der Waals surface area (Å²) in [6.07, 6.45) is 0.237. The quantitative estimate of drug-likeness (QED) is 0.359. The van der Waals surface area contributed by atoms with E-state index in [1.165, 1.54) is 19.0 Å². The van der Waals surface area contributed by atoms with Crippen LogP contribution in [0.1, 0.15) is 31.9 Å². The Morgan fingerprint density at radius 3 is 2.00 bits per heavy atom. The maximum atomic E-state index is 14.2. The lowest BCUT2D eigenvalue weighted by molar-refractivity contribution is -0.140. The summed E-state index contributed by atoms with van der Waals surface area (Å²) < 4.78 is 28.8. The SMILES string of the molecule is CN(C)S(=O)(=O)N(CC(=O)N(Cc1cccc(Cl)c1)[C@H](Cc1ccccc1)C(=O)NC(C)(C)C)c1ccccc1. The molecule has 0 spiro atoms. The minimum Gasteiger partial charge on any atom is -0.350 e. The molecule has 0 unspecified atom stereocenters. The molecule has 0 aliphatic heterocycles. The number of carbonyl (C=O) groups excluding carboxylic acids is 2. The summed E-state index contributed by atoms with van der Waals surface area (Å²) in [7, 11) is -1.21. The van der Waals surface area contributed by atoms with E-state index >= 15 is 0 Å². The van der Waals surface area contributed by atoms with Crippen molar-refractivity contribution in [2.24, 2.45) is 0 Å². The van der Waals surface area contributed by atoms with E-state index in [0.29, 0.717) is 16.3 Å². The van der Waals surface area contributed by atoms with Crippen LogP contribution in [0.2, 0.25) is 5.02 Å². The van der Waals surface area contributed by atoms with Gasteiger partial charge in [-0.3, -0.25) is 9.59 Å². The largest absolute Gasteiger partial charge is 0.350 e. The number of rotatable bonds is 11. The average molecular weight is 585 g/mol. The number of hydrogen-bond donors (Lipinski definition) is 1. The first kappa shape index (κ1) is 31.1. The Morgan fingerprint density at radius 1 is 0.875 bits per heavy atom. The Hall–Kier alpha value is -3.40. The van der Waals surface area contributed by atoms with Gasteiger partial charge >= 0.3 is 10.2 Å². The van der Waals surface area contributed by atoms with E-state index in [1.54, 1.807) is 48.5 Å². The summed E-state index contributed by atoms with van der Waals surface area (Å²) in [5.74, 6) is -0.868. The van der Waals surface area contributed by atoms with Crippen LogP contribution in [0.5, 0.6) is 0 Å². The molecule has 0 saturated carbocycles. The normalized spacial score (nSPS) is 12.6. The van der Waals surface area contributed by atoms with Gasteiger partial charge in [0.2, 0.25) is 11.8 Å². The van der Waals surface area contributed by atoms with Gasteiger partial charge in [-0.15, -0.1) is 0 Å². The molecule has 1 atom stereocenters. The number of nitrogens with zero attached hydrogens (tertiary/aromatic N) is 3.